The van der Waals surface area contributed by atoms with E-state index in [1.165, 1.54) is 0 Å². The lowest BCUT2D eigenvalue weighted by Gasteiger charge is -2.22. The Kier molecular flexibility index (Phi) is 4.63. The number of fused-ring (bicyclic) bond motifs is 1. The molecule has 1 aromatic rings. The minimum Gasteiger partial charge on any atom is -0.454 e. The van der Waals surface area contributed by atoms with Crippen molar-refractivity contribution in [3.63, 3.8) is 0 Å². The molecule has 0 aromatic heterocycles. The van der Waals surface area contributed by atoms with Crippen molar-refractivity contribution in [3.05, 3.63) is 23.8 Å². The number of hydrogen-bond acceptors (Lipinski definition) is 4. The Bertz CT molecular complexity index is 448. The summed E-state index contributed by atoms with van der Waals surface area (Å²) in [6, 6.07) is 5.28. The molecule has 0 radical (unpaired) electrons. The van der Waals surface area contributed by atoms with Crippen molar-refractivity contribution in [1.29, 1.82) is 0 Å². The lowest BCUT2D eigenvalue weighted by molar-refractivity contribution is 0.0757. The zero-order valence-corrected chi connectivity index (χ0v) is 11.2. The lowest BCUT2D eigenvalue weighted by Crippen LogP contribution is -2.36. The molecule has 0 bridgehead atoms. The van der Waals surface area contributed by atoms with Gasteiger partial charge in [0, 0.05) is 25.2 Å². The summed E-state index contributed by atoms with van der Waals surface area (Å²) in [5.74, 6) is 1.32. The van der Waals surface area contributed by atoms with Crippen molar-refractivity contribution in [3.8, 4) is 11.5 Å². The summed E-state index contributed by atoms with van der Waals surface area (Å²) < 4.78 is 10.5. The van der Waals surface area contributed by atoms with Crippen molar-refractivity contribution in [2.24, 2.45) is 5.73 Å². The van der Waals surface area contributed by atoms with Gasteiger partial charge in [0.2, 0.25) is 6.79 Å². The van der Waals surface area contributed by atoms with Crippen LogP contribution in [0.4, 0.5) is 0 Å². The Morgan fingerprint density at radius 3 is 2.84 bits per heavy atom. The van der Waals surface area contributed by atoms with Crippen LogP contribution in [0.3, 0.4) is 0 Å². The maximum Gasteiger partial charge on any atom is 0.254 e. The largest absolute Gasteiger partial charge is 0.454 e. The summed E-state index contributed by atoms with van der Waals surface area (Å²) in [5.41, 5.74) is 6.19. The molecular weight excluding hydrogens is 244 g/mol. The Hall–Kier alpha value is -1.75. The van der Waals surface area contributed by atoms with Crippen LogP contribution in [0, 0.1) is 0 Å². The van der Waals surface area contributed by atoms with Crippen molar-refractivity contribution in [1.82, 2.24) is 4.90 Å². The lowest BCUT2D eigenvalue weighted by atomic mass is 10.1. The van der Waals surface area contributed by atoms with E-state index in [2.05, 4.69) is 6.92 Å². The van der Waals surface area contributed by atoms with Gasteiger partial charge in [0.15, 0.2) is 11.5 Å². The van der Waals surface area contributed by atoms with Gasteiger partial charge in [-0.15, -0.1) is 0 Å². The summed E-state index contributed by atoms with van der Waals surface area (Å²) in [4.78, 5) is 14.2. The Labute approximate surface area is 113 Å². The van der Waals surface area contributed by atoms with Crippen LogP contribution in [0.25, 0.3) is 0 Å². The highest BCUT2D eigenvalue weighted by atomic mass is 16.7. The normalized spacial score (nSPS) is 12.5. The second kappa shape index (κ2) is 6.43. The van der Waals surface area contributed by atoms with E-state index in [0.717, 1.165) is 19.4 Å². The van der Waals surface area contributed by atoms with Crippen LogP contribution in [0.2, 0.25) is 0 Å². The molecule has 2 N–H and O–H groups in total. The molecular formula is C14H20N2O3. The van der Waals surface area contributed by atoms with Gasteiger partial charge in [-0.25, -0.2) is 0 Å². The maximum absolute atomic E-state index is 12.4. The summed E-state index contributed by atoms with van der Waals surface area (Å²) in [5, 5.41) is 0. The number of rotatable bonds is 6. The number of amides is 1. The number of nitrogens with zero attached hydrogens (tertiary/aromatic N) is 1. The summed E-state index contributed by atoms with van der Waals surface area (Å²) in [6.07, 6.45) is 2.03. The molecule has 0 saturated heterocycles. The molecule has 0 saturated carbocycles. The second-order valence-electron chi connectivity index (χ2n) is 4.50. The van der Waals surface area contributed by atoms with Gasteiger partial charge in [0.1, 0.15) is 0 Å². The fourth-order valence-electron chi connectivity index (χ4n) is 2.03. The van der Waals surface area contributed by atoms with Crippen molar-refractivity contribution in [2.75, 3.05) is 26.4 Å². The quantitative estimate of drug-likeness (QED) is 0.848. The minimum atomic E-state index is -0.00259. The van der Waals surface area contributed by atoms with E-state index in [-0.39, 0.29) is 12.7 Å². The minimum absolute atomic E-state index is 0.00259. The molecule has 0 unspecified atom stereocenters. The molecule has 1 aliphatic heterocycles. The molecule has 1 aromatic carbocycles. The zero-order valence-electron chi connectivity index (χ0n) is 11.2. The van der Waals surface area contributed by atoms with Gasteiger partial charge in [-0.1, -0.05) is 13.3 Å². The monoisotopic (exact) mass is 264 g/mol. The Balaban J connectivity index is 2.11. The number of carbonyl (C=O) groups is 1. The molecule has 0 aliphatic carbocycles. The number of unbranched alkanes of at least 4 members (excludes halogenated alkanes) is 1. The number of benzene rings is 1. The molecule has 1 amide bonds. The summed E-state index contributed by atoms with van der Waals surface area (Å²) >= 11 is 0. The number of nitrogens with two attached hydrogens (primary N) is 1. The standard InChI is InChI=1S/C14H20N2O3/c1-2-3-7-16(8-6-15)14(17)11-4-5-12-13(9-11)19-10-18-12/h4-5,9H,2-3,6-8,10,15H2,1H3. The molecule has 0 atom stereocenters. The van der Waals surface area contributed by atoms with Gasteiger partial charge in [-0.2, -0.15) is 0 Å². The van der Waals surface area contributed by atoms with Crippen molar-refractivity contribution < 1.29 is 14.3 Å². The van der Waals surface area contributed by atoms with E-state index in [4.69, 9.17) is 15.2 Å². The van der Waals surface area contributed by atoms with Crippen LogP contribution in [-0.2, 0) is 0 Å². The van der Waals surface area contributed by atoms with Crippen LogP contribution < -0.4 is 15.2 Å². The topological polar surface area (TPSA) is 64.8 Å². The third kappa shape index (κ3) is 3.17. The average molecular weight is 264 g/mol. The Morgan fingerprint density at radius 2 is 2.11 bits per heavy atom. The molecule has 2 rings (SSSR count). The highest BCUT2D eigenvalue weighted by molar-refractivity contribution is 5.95. The van der Waals surface area contributed by atoms with Gasteiger partial charge in [-0.3, -0.25) is 4.79 Å². The Morgan fingerprint density at radius 1 is 1.32 bits per heavy atom. The summed E-state index contributed by atoms with van der Waals surface area (Å²) in [7, 11) is 0. The smallest absolute Gasteiger partial charge is 0.254 e. The molecule has 1 aliphatic rings. The van der Waals surface area contributed by atoms with Gasteiger partial charge >= 0.3 is 0 Å². The molecule has 1 heterocycles. The molecule has 19 heavy (non-hydrogen) atoms. The van der Waals surface area contributed by atoms with Gasteiger partial charge in [0.05, 0.1) is 0 Å². The van der Waals surface area contributed by atoms with E-state index in [1.54, 1.807) is 23.1 Å². The van der Waals surface area contributed by atoms with E-state index in [0.29, 0.717) is 30.2 Å². The highest BCUT2D eigenvalue weighted by Crippen LogP contribution is 2.32. The fourth-order valence-corrected chi connectivity index (χ4v) is 2.03. The first-order chi connectivity index (χ1) is 9.26. The predicted octanol–water partition coefficient (Wildman–Crippen LogP) is 1.62. The molecule has 104 valence electrons. The average Bonchev–Trinajstić information content (AvgIpc) is 2.90. The predicted molar refractivity (Wildman–Crippen MR) is 72.4 cm³/mol. The number of carbonyl (C=O) groups excluding carboxylic acids is 1. The maximum atomic E-state index is 12.4. The van der Waals surface area contributed by atoms with Crippen LogP contribution in [-0.4, -0.2) is 37.2 Å². The SMILES string of the molecule is CCCCN(CCN)C(=O)c1ccc2c(c1)OCO2. The summed E-state index contributed by atoms with van der Waals surface area (Å²) in [6.45, 7) is 4.11. The first-order valence-electron chi connectivity index (χ1n) is 6.65. The van der Waals surface area contributed by atoms with Crippen LogP contribution in [0.5, 0.6) is 11.5 Å². The number of hydrogen-bond donors (Lipinski definition) is 1. The molecule has 0 spiro atoms. The van der Waals surface area contributed by atoms with Gasteiger partial charge in [0.25, 0.3) is 5.91 Å². The van der Waals surface area contributed by atoms with E-state index >= 15 is 0 Å². The van der Waals surface area contributed by atoms with Crippen molar-refractivity contribution in [2.45, 2.75) is 19.8 Å². The van der Waals surface area contributed by atoms with Crippen LogP contribution >= 0.6 is 0 Å². The van der Waals surface area contributed by atoms with E-state index in [9.17, 15) is 4.79 Å². The highest BCUT2D eigenvalue weighted by Gasteiger charge is 2.19. The third-order valence-electron chi connectivity index (χ3n) is 3.09. The fraction of sp³-hybridized carbons (Fsp3) is 0.500. The first kappa shape index (κ1) is 13.7. The van der Waals surface area contributed by atoms with Crippen LogP contribution in [0.15, 0.2) is 18.2 Å². The van der Waals surface area contributed by atoms with Crippen LogP contribution in [0.1, 0.15) is 30.1 Å². The van der Waals surface area contributed by atoms with Crippen molar-refractivity contribution >= 4 is 5.91 Å². The molecule has 5 heteroatoms. The van der Waals surface area contributed by atoms with Gasteiger partial charge < -0.3 is 20.1 Å². The molecule has 5 nitrogen and oxygen atoms in total. The van der Waals surface area contributed by atoms with Gasteiger partial charge in [-0.05, 0) is 24.6 Å². The number of ether oxygens (including phenoxy) is 2. The molecule has 0 fully saturated rings. The second-order valence-corrected chi connectivity index (χ2v) is 4.50. The third-order valence-corrected chi connectivity index (χ3v) is 3.09. The van der Waals surface area contributed by atoms with E-state index in [1.807, 2.05) is 0 Å². The first-order valence-corrected chi connectivity index (χ1v) is 6.65. The van der Waals surface area contributed by atoms with E-state index < -0.39 is 0 Å². The zero-order chi connectivity index (χ0) is 13.7.